The van der Waals surface area contributed by atoms with Gasteiger partial charge in [-0.2, -0.15) is 13.2 Å². The highest BCUT2D eigenvalue weighted by atomic mass is 32.2. The molecule has 0 amide bonds. The van der Waals surface area contributed by atoms with Crippen molar-refractivity contribution < 1.29 is 13.2 Å². The van der Waals surface area contributed by atoms with Crippen LogP contribution in [-0.2, 0) is 6.54 Å². The van der Waals surface area contributed by atoms with E-state index >= 15 is 0 Å². The minimum atomic E-state index is -4.27. The van der Waals surface area contributed by atoms with Crippen LogP contribution in [0.3, 0.4) is 0 Å². The van der Waals surface area contributed by atoms with Crippen LogP contribution in [0.25, 0.3) is 0 Å². The van der Waals surface area contributed by atoms with Crippen LogP contribution in [0.4, 0.5) is 18.9 Å². The average Bonchev–Trinajstić information content (AvgIpc) is 2.65. The maximum atomic E-state index is 12.5. The molecule has 1 heterocycles. The molecule has 0 spiro atoms. The van der Waals surface area contributed by atoms with Crippen LogP contribution >= 0.6 is 23.1 Å². The van der Waals surface area contributed by atoms with E-state index in [2.05, 4.69) is 11.4 Å². The number of rotatable bonds is 4. The first-order valence-corrected chi connectivity index (χ1v) is 7.63. The molecule has 2 aromatic rings. The number of thioether (sulfide) groups is 1. The van der Waals surface area contributed by atoms with Crippen molar-refractivity contribution in [3.63, 3.8) is 0 Å². The minimum absolute atomic E-state index is 0.0880. The van der Waals surface area contributed by atoms with Crippen LogP contribution in [0.5, 0.6) is 0 Å². The Labute approximate surface area is 124 Å². The summed E-state index contributed by atoms with van der Waals surface area (Å²) in [4.78, 5) is 2.60. The molecule has 2 rings (SSSR count). The summed E-state index contributed by atoms with van der Waals surface area (Å²) in [7, 11) is 0. The third-order valence-electron chi connectivity index (χ3n) is 2.73. The monoisotopic (exact) mass is 317 g/mol. The maximum Gasteiger partial charge on any atom is 0.446 e. The molecule has 108 valence electrons. The predicted octanol–water partition coefficient (Wildman–Crippen LogP) is 5.59. The van der Waals surface area contributed by atoms with Gasteiger partial charge in [0.25, 0.3) is 0 Å². The first-order chi connectivity index (χ1) is 9.35. The molecule has 0 unspecified atom stereocenters. The Morgan fingerprint density at radius 3 is 2.50 bits per heavy atom. The van der Waals surface area contributed by atoms with Gasteiger partial charge >= 0.3 is 5.51 Å². The third kappa shape index (κ3) is 4.18. The van der Waals surface area contributed by atoms with Gasteiger partial charge in [0.1, 0.15) is 0 Å². The molecule has 0 aliphatic rings. The Balaban J connectivity index is 2.11. The van der Waals surface area contributed by atoms with Gasteiger partial charge < -0.3 is 5.32 Å². The largest absolute Gasteiger partial charge is 0.446 e. The van der Waals surface area contributed by atoms with E-state index in [9.17, 15) is 13.2 Å². The molecule has 0 fully saturated rings. The molecule has 0 saturated carbocycles. The number of alkyl halides is 3. The van der Waals surface area contributed by atoms with Crippen molar-refractivity contribution in [3.05, 3.63) is 45.6 Å². The van der Waals surface area contributed by atoms with Gasteiger partial charge in [-0.1, -0.05) is 12.1 Å². The second-order valence-electron chi connectivity index (χ2n) is 4.34. The van der Waals surface area contributed by atoms with Crippen LogP contribution in [0.15, 0.2) is 35.2 Å². The van der Waals surface area contributed by atoms with Gasteiger partial charge in [0.15, 0.2) is 0 Å². The summed E-state index contributed by atoms with van der Waals surface area (Å²) in [5, 5.41) is 3.09. The topological polar surface area (TPSA) is 12.0 Å². The SMILES string of the molecule is Cc1cc(CNc2ccccc2SC(F)(F)F)c(C)s1. The van der Waals surface area contributed by atoms with E-state index in [4.69, 9.17) is 0 Å². The van der Waals surface area contributed by atoms with E-state index in [1.165, 1.54) is 15.8 Å². The van der Waals surface area contributed by atoms with Crippen molar-refractivity contribution in [3.8, 4) is 0 Å². The normalized spacial score (nSPS) is 11.7. The van der Waals surface area contributed by atoms with Crippen LogP contribution < -0.4 is 5.32 Å². The molecule has 6 heteroatoms. The minimum Gasteiger partial charge on any atom is -0.380 e. The van der Waals surface area contributed by atoms with Gasteiger partial charge in [0.2, 0.25) is 0 Å². The predicted molar refractivity (Wildman–Crippen MR) is 79.5 cm³/mol. The van der Waals surface area contributed by atoms with Gasteiger partial charge in [-0.25, -0.2) is 0 Å². The Morgan fingerprint density at radius 1 is 1.20 bits per heavy atom. The summed E-state index contributed by atoms with van der Waals surface area (Å²) < 4.78 is 37.5. The Kier molecular flexibility index (Phi) is 4.65. The molecular formula is C14H14F3NS2. The number of para-hydroxylation sites is 1. The number of hydrogen-bond acceptors (Lipinski definition) is 3. The molecule has 1 aromatic heterocycles. The quantitative estimate of drug-likeness (QED) is 0.738. The van der Waals surface area contributed by atoms with E-state index in [1.807, 2.05) is 13.8 Å². The fourth-order valence-corrected chi connectivity index (χ4v) is 3.47. The molecule has 0 atom stereocenters. The fraction of sp³-hybridized carbons (Fsp3) is 0.286. The number of aryl methyl sites for hydroxylation is 2. The number of halogens is 3. The molecule has 1 aromatic carbocycles. The molecule has 1 nitrogen and oxygen atoms in total. The van der Waals surface area contributed by atoms with E-state index in [-0.39, 0.29) is 16.7 Å². The highest BCUT2D eigenvalue weighted by Gasteiger charge is 2.30. The van der Waals surface area contributed by atoms with Crippen molar-refractivity contribution >= 4 is 28.8 Å². The molecule has 0 bridgehead atoms. The van der Waals surface area contributed by atoms with Crippen molar-refractivity contribution in [2.24, 2.45) is 0 Å². The number of benzene rings is 1. The van der Waals surface area contributed by atoms with Crippen molar-refractivity contribution in [1.82, 2.24) is 0 Å². The van der Waals surface area contributed by atoms with Gasteiger partial charge in [0.05, 0.1) is 0 Å². The highest BCUT2D eigenvalue weighted by Crippen LogP contribution is 2.40. The van der Waals surface area contributed by atoms with E-state index in [0.29, 0.717) is 12.2 Å². The Bertz CT molecular complexity index is 590. The summed E-state index contributed by atoms with van der Waals surface area (Å²) in [5.41, 5.74) is -2.63. The van der Waals surface area contributed by atoms with Crippen molar-refractivity contribution in [1.29, 1.82) is 0 Å². The lowest BCUT2D eigenvalue weighted by Crippen LogP contribution is -2.04. The van der Waals surface area contributed by atoms with Crippen LogP contribution in [0.1, 0.15) is 15.3 Å². The first kappa shape index (κ1) is 15.3. The summed E-state index contributed by atoms with van der Waals surface area (Å²) in [6.07, 6.45) is 0. The standard InChI is InChI=1S/C14H14F3NS2/c1-9-7-11(10(2)19-9)8-18-12-5-3-4-6-13(12)20-14(15,16)17/h3-7,18H,8H2,1-2H3. The molecule has 20 heavy (non-hydrogen) atoms. The van der Waals surface area contributed by atoms with E-state index < -0.39 is 5.51 Å². The molecule has 0 aliphatic heterocycles. The average molecular weight is 317 g/mol. The molecule has 0 aliphatic carbocycles. The van der Waals surface area contributed by atoms with Crippen LogP contribution in [-0.4, -0.2) is 5.51 Å². The van der Waals surface area contributed by atoms with Crippen molar-refractivity contribution in [2.45, 2.75) is 30.8 Å². The summed E-state index contributed by atoms with van der Waals surface area (Å²) in [6.45, 7) is 4.57. The highest BCUT2D eigenvalue weighted by molar-refractivity contribution is 8.00. The van der Waals surface area contributed by atoms with Crippen LogP contribution in [0, 0.1) is 13.8 Å². The van der Waals surface area contributed by atoms with Crippen LogP contribution in [0.2, 0.25) is 0 Å². The lowest BCUT2D eigenvalue weighted by atomic mass is 10.2. The maximum absolute atomic E-state index is 12.5. The van der Waals surface area contributed by atoms with Gasteiger partial charge in [0, 0.05) is 26.9 Å². The number of thiophene rings is 1. The fourth-order valence-electron chi connectivity index (χ4n) is 1.88. The van der Waals surface area contributed by atoms with Gasteiger partial charge in [-0.15, -0.1) is 11.3 Å². The molecule has 0 saturated heterocycles. The smallest absolute Gasteiger partial charge is 0.380 e. The van der Waals surface area contributed by atoms with E-state index in [1.54, 1.807) is 29.5 Å². The summed E-state index contributed by atoms with van der Waals surface area (Å²) >= 11 is 1.61. The Hall–Kier alpha value is -1.14. The summed E-state index contributed by atoms with van der Waals surface area (Å²) in [6, 6.07) is 8.55. The zero-order valence-corrected chi connectivity index (χ0v) is 12.7. The summed E-state index contributed by atoms with van der Waals surface area (Å²) in [5.74, 6) is 0. The third-order valence-corrected chi connectivity index (χ3v) is 4.54. The number of nitrogens with one attached hydrogen (secondary N) is 1. The van der Waals surface area contributed by atoms with Crippen molar-refractivity contribution in [2.75, 3.05) is 5.32 Å². The molecular weight excluding hydrogens is 303 g/mol. The number of anilines is 1. The van der Waals surface area contributed by atoms with Gasteiger partial charge in [-0.3, -0.25) is 0 Å². The van der Waals surface area contributed by atoms with E-state index in [0.717, 1.165) is 5.56 Å². The molecule has 1 N–H and O–H groups in total. The first-order valence-electron chi connectivity index (χ1n) is 6.00. The zero-order valence-electron chi connectivity index (χ0n) is 11.0. The lowest BCUT2D eigenvalue weighted by Gasteiger charge is -2.12. The second kappa shape index (κ2) is 6.10. The zero-order chi connectivity index (χ0) is 14.8. The molecule has 0 radical (unpaired) electrons. The van der Waals surface area contributed by atoms with Gasteiger partial charge in [-0.05, 0) is 49.4 Å². The second-order valence-corrected chi connectivity index (χ2v) is 6.90. The Morgan fingerprint density at radius 2 is 1.90 bits per heavy atom. The number of hydrogen-bond donors (Lipinski definition) is 1. The lowest BCUT2D eigenvalue weighted by molar-refractivity contribution is -0.0327.